The average molecular weight is 652 g/mol. The molecule has 0 atom stereocenters. The third kappa shape index (κ3) is 4.88. The molecule has 238 valence electrons. The molecule has 0 fully saturated rings. The van der Waals surface area contributed by atoms with Gasteiger partial charge in [0.05, 0.1) is 5.56 Å². The number of hydrogen-bond donors (Lipinski definition) is 0. The van der Waals surface area contributed by atoms with E-state index in [0.29, 0.717) is 17.5 Å². The van der Waals surface area contributed by atoms with E-state index < -0.39 is 0 Å². The van der Waals surface area contributed by atoms with Gasteiger partial charge < -0.3 is 4.42 Å². The minimum absolute atomic E-state index is 0.556. The third-order valence-electron chi connectivity index (χ3n) is 9.76. The smallest absolute Gasteiger partial charge is 0.167 e. The highest BCUT2D eigenvalue weighted by Crippen LogP contribution is 2.41. The van der Waals surface area contributed by atoms with E-state index in [1.807, 2.05) is 36.4 Å². The Morgan fingerprint density at radius 3 is 1.59 bits per heavy atom. The maximum Gasteiger partial charge on any atom is 0.167 e. The van der Waals surface area contributed by atoms with Crippen LogP contribution in [-0.4, -0.2) is 15.0 Å². The van der Waals surface area contributed by atoms with Gasteiger partial charge in [0.2, 0.25) is 0 Å². The zero-order valence-corrected chi connectivity index (χ0v) is 27.5. The van der Waals surface area contributed by atoms with Gasteiger partial charge in [-0.25, -0.2) is 15.0 Å². The summed E-state index contributed by atoms with van der Waals surface area (Å²) in [5, 5.41) is 6.90. The monoisotopic (exact) mass is 651 g/mol. The Kier molecular flexibility index (Phi) is 6.78. The SMILES string of the molecule is c1ccc(-c2ccccc2-c2nc(-c3ccccc3-c3cc4ccccc4c4ccccc34)nc(-c3cccc4c3oc3ccccc34)n2)cc1. The number of rotatable bonds is 5. The van der Waals surface area contributed by atoms with E-state index in [2.05, 4.69) is 140 Å². The van der Waals surface area contributed by atoms with E-state index in [4.69, 9.17) is 19.4 Å². The Morgan fingerprint density at radius 2 is 0.824 bits per heavy atom. The van der Waals surface area contributed by atoms with Crippen LogP contribution in [0.5, 0.6) is 0 Å². The van der Waals surface area contributed by atoms with Crippen molar-refractivity contribution < 1.29 is 4.42 Å². The molecule has 0 radical (unpaired) electrons. The van der Waals surface area contributed by atoms with Crippen molar-refractivity contribution in [1.29, 1.82) is 0 Å². The van der Waals surface area contributed by atoms with E-state index in [-0.39, 0.29) is 0 Å². The Labute approximate surface area is 294 Å². The lowest BCUT2D eigenvalue weighted by Gasteiger charge is -2.16. The molecule has 0 amide bonds. The van der Waals surface area contributed by atoms with Crippen LogP contribution >= 0.6 is 0 Å². The molecule has 0 N–H and O–H groups in total. The fraction of sp³-hybridized carbons (Fsp3) is 0. The molecule has 8 aromatic carbocycles. The predicted octanol–water partition coefficient (Wildman–Crippen LogP) is 12.4. The quantitative estimate of drug-likeness (QED) is 0.174. The Balaban J connectivity index is 1.26. The Morgan fingerprint density at radius 1 is 0.314 bits per heavy atom. The first kappa shape index (κ1) is 29.0. The number of benzene rings is 8. The van der Waals surface area contributed by atoms with E-state index in [1.165, 1.54) is 21.5 Å². The zero-order chi connectivity index (χ0) is 33.7. The molecular formula is C47H29N3O. The summed E-state index contributed by atoms with van der Waals surface area (Å²) in [6.45, 7) is 0. The normalized spacial score (nSPS) is 11.5. The first-order valence-corrected chi connectivity index (χ1v) is 17.1. The predicted molar refractivity (Wildman–Crippen MR) is 209 cm³/mol. The molecule has 2 aromatic heterocycles. The Bertz CT molecular complexity index is 2930. The van der Waals surface area contributed by atoms with Crippen LogP contribution in [0, 0.1) is 0 Å². The standard InChI is InChI=1S/C47H29N3O/c1-2-15-30(16-3-1)32-18-6-10-24-39(32)45-48-46(50-47(49-45)41-27-14-26-38-37-23-12-13-28-43(37)51-44(38)41)40-25-11-9-22-36(40)42-29-31-17-4-5-19-33(31)34-20-7-8-21-35(34)42/h1-29H. The fourth-order valence-corrected chi connectivity index (χ4v) is 7.40. The van der Waals surface area contributed by atoms with Crippen molar-refractivity contribution in [3.63, 3.8) is 0 Å². The van der Waals surface area contributed by atoms with Gasteiger partial charge in [-0.05, 0) is 62.0 Å². The van der Waals surface area contributed by atoms with Crippen molar-refractivity contribution in [3.8, 4) is 56.4 Å². The summed E-state index contributed by atoms with van der Waals surface area (Å²) in [5.41, 5.74) is 8.60. The second kappa shape index (κ2) is 11.9. The molecule has 10 rings (SSSR count). The lowest BCUT2D eigenvalue weighted by atomic mass is 9.91. The van der Waals surface area contributed by atoms with Crippen molar-refractivity contribution in [3.05, 3.63) is 176 Å². The molecule has 10 aromatic rings. The average Bonchev–Trinajstić information content (AvgIpc) is 3.60. The summed E-state index contributed by atoms with van der Waals surface area (Å²) in [4.78, 5) is 15.8. The van der Waals surface area contributed by atoms with Gasteiger partial charge in [0.25, 0.3) is 0 Å². The number of aromatic nitrogens is 3. The van der Waals surface area contributed by atoms with Crippen molar-refractivity contribution in [2.45, 2.75) is 0 Å². The van der Waals surface area contributed by atoms with Crippen molar-refractivity contribution in [2.24, 2.45) is 0 Å². The van der Waals surface area contributed by atoms with Crippen molar-refractivity contribution in [2.75, 3.05) is 0 Å². The molecule has 4 nitrogen and oxygen atoms in total. The van der Waals surface area contributed by atoms with Crippen LogP contribution in [0.1, 0.15) is 0 Å². The number of hydrogen-bond acceptors (Lipinski definition) is 4. The lowest BCUT2D eigenvalue weighted by molar-refractivity contribution is 0.669. The summed E-state index contributed by atoms with van der Waals surface area (Å²) in [7, 11) is 0. The summed E-state index contributed by atoms with van der Waals surface area (Å²) in [6, 6.07) is 61.0. The topological polar surface area (TPSA) is 51.8 Å². The van der Waals surface area contributed by atoms with Gasteiger partial charge in [-0.2, -0.15) is 0 Å². The number of nitrogens with zero attached hydrogens (tertiary/aromatic N) is 3. The maximum atomic E-state index is 6.50. The molecular weight excluding hydrogens is 623 g/mol. The molecule has 0 bridgehead atoms. The van der Waals surface area contributed by atoms with Gasteiger partial charge in [-0.3, -0.25) is 0 Å². The molecule has 2 heterocycles. The Hall–Kier alpha value is -6.91. The van der Waals surface area contributed by atoms with E-state index in [9.17, 15) is 0 Å². The van der Waals surface area contributed by atoms with Crippen LogP contribution in [-0.2, 0) is 0 Å². The van der Waals surface area contributed by atoms with Crippen molar-refractivity contribution >= 4 is 43.5 Å². The van der Waals surface area contributed by atoms with Crippen LogP contribution < -0.4 is 0 Å². The van der Waals surface area contributed by atoms with Crippen LogP contribution in [0.2, 0.25) is 0 Å². The van der Waals surface area contributed by atoms with E-state index in [1.54, 1.807) is 0 Å². The molecule has 0 aliphatic carbocycles. The maximum absolute atomic E-state index is 6.50. The molecule has 0 saturated carbocycles. The van der Waals surface area contributed by atoms with Crippen LogP contribution in [0.15, 0.2) is 180 Å². The molecule has 0 aliphatic rings. The number of fused-ring (bicyclic) bond motifs is 6. The first-order valence-electron chi connectivity index (χ1n) is 17.1. The second-order valence-electron chi connectivity index (χ2n) is 12.7. The van der Waals surface area contributed by atoms with E-state index >= 15 is 0 Å². The highest BCUT2D eigenvalue weighted by atomic mass is 16.3. The largest absolute Gasteiger partial charge is 0.455 e. The third-order valence-corrected chi connectivity index (χ3v) is 9.76. The molecule has 0 unspecified atom stereocenters. The highest BCUT2D eigenvalue weighted by molar-refractivity contribution is 6.15. The number of furan rings is 1. The highest BCUT2D eigenvalue weighted by Gasteiger charge is 2.21. The molecule has 0 saturated heterocycles. The van der Waals surface area contributed by atoms with Crippen LogP contribution in [0.4, 0.5) is 0 Å². The summed E-state index contributed by atoms with van der Waals surface area (Å²) in [6.07, 6.45) is 0. The van der Waals surface area contributed by atoms with Gasteiger partial charge >= 0.3 is 0 Å². The molecule has 51 heavy (non-hydrogen) atoms. The second-order valence-corrected chi connectivity index (χ2v) is 12.7. The summed E-state index contributed by atoms with van der Waals surface area (Å²) < 4.78 is 6.50. The lowest BCUT2D eigenvalue weighted by Crippen LogP contribution is -2.02. The fourth-order valence-electron chi connectivity index (χ4n) is 7.40. The van der Waals surface area contributed by atoms with E-state index in [0.717, 1.165) is 60.9 Å². The van der Waals surface area contributed by atoms with Crippen LogP contribution in [0.3, 0.4) is 0 Å². The number of para-hydroxylation sites is 2. The van der Waals surface area contributed by atoms with Gasteiger partial charge in [0, 0.05) is 21.9 Å². The van der Waals surface area contributed by atoms with Crippen LogP contribution in [0.25, 0.3) is 99.9 Å². The minimum atomic E-state index is 0.556. The first-order chi connectivity index (χ1) is 25.3. The summed E-state index contributed by atoms with van der Waals surface area (Å²) >= 11 is 0. The molecule has 0 aliphatic heterocycles. The molecule has 0 spiro atoms. The summed E-state index contributed by atoms with van der Waals surface area (Å²) in [5.74, 6) is 1.75. The van der Waals surface area contributed by atoms with Gasteiger partial charge in [0.15, 0.2) is 17.5 Å². The minimum Gasteiger partial charge on any atom is -0.455 e. The van der Waals surface area contributed by atoms with Gasteiger partial charge in [-0.15, -0.1) is 0 Å². The van der Waals surface area contributed by atoms with Gasteiger partial charge in [0.1, 0.15) is 11.2 Å². The van der Waals surface area contributed by atoms with Gasteiger partial charge in [-0.1, -0.05) is 158 Å². The zero-order valence-electron chi connectivity index (χ0n) is 27.5. The molecule has 4 heteroatoms. The van der Waals surface area contributed by atoms with Crippen molar-refractivity contribution in [1.82, 2.24) is 15.0 Å².